The summed E-state index contributed by atoms with van der Waals surface area (Å²) in [6, 6.07) is 4.82. The second-order valence-corrected chi connectivity index (χ2v) is 3.53. The molecular formula is C12H18FNO. The van der Waals surface area contributed by atoms with Crippen LogP contribution >= 0.6 is 0 Å². The number of rotatable bonds is 4. The molecule has 1 N–H and O–H groups in total. The van der Waals surface area contributed by atoms with E-state index >= 15 is 0 Å². The molecule has 1 aromatic carbocycles. The highest BCUT2D eigenvalue weighted by Crippen LogP contribution is 2.28. The Kier molecular flexibility index (Phi) is 4.09. The normalized spacial score (nSPS) is 12.6. The first-order valence-electron chi connectivity index (χ1n) is 5.33. The van der Waals surface area contributed by atoms with Gasteiger partial charge in [-0.3, -0.25) is 0 Å². The monoisotopic (exact) mass is 211 g/mol. The number of benzene rings is 1. The first-order chi connectivity index (χ1) is 7.11. The van der Waals surface area contributed by atoms with Gasteiger partial charge in [0.1, 0.15) is 5.82 Å². The molecule has 2 nitrogen and oxygen atoms in total. The Morgan fingerprint density at radius 3 is 2.40 bits per heavy atom. The van der Waals surface area contributed by atoms with Crippen LogP contribution in [0.15, 0.2) is 18.2 Å². The second kappa shape index (κ2) is 5.12. The van der Waals surface area contributed by atoms with Crippen LogP contribution in [0.25, 0.3) is 0 Å². The first-order valence-corrected chi connectivity index (χ1v) is 5.33. The van der Waals surface area contributed by atoms with Gasteiger partial charge in [0.2, 0.25) is 0 Å². The van der Waals surface area contributed by atoms with E-state index in [1.54, 1.807) is 19.1 Å². The second-order valence-electron chi connectivity index (χ2n) is 3.53. The van der Waals surface area contributed by atoms with Crippen LogP contribution in [-0.2, 0) is 0 Å². The van der Waals surface area contributed by atoms with Crippen molar-refractivity contribution in [1.82, 2.24) is 0 Å². The number of anilines is 1. The van der Waals surface area contributed by atoms with Crippen molar-refractivity contribution in [3.8, 4) is 0 Å². The minimum absolute atomic E-state index is 0.267. The van der Waals surface area contributed by atoms with Gasteiger partial charge in [-0.1, -0.05) is 12.1 Å². The van der Waals surface area contributed by atoms with Crippen molar-refractivity contribution in [2.45, 2.75) is 26.9 Å². The number of aliphatic hydroxyl groups is 1. The van der Waals surface area contributed by atoms with Crippen LogP contribution < -0.4 is 4.90 Å². The summed E-state index contributed by atoms with van der Waals surface area (Å²) in [5.41, 5.74) is 1.18. The predicted octanol–water partition coefficient (Wildman–Crippen LogP) is 2.73. The zero-order valence-electron chi connectivity index (χ0n) is 9.50. The fourth-order valence-electron chi connectivity index (χ4n) is 1.74. The summed E-state index contributed by atoms with van der Waals surface area (Å²) in [7, 11) is 0. The lowest BCUT2D eigenvalue weighted by molar-refractivity contribution is 0.199. The molecule has 0 unspecified atom stereocenters. The third-order valence-corrected chi connectivity index (χ3v) is 2.55. The Morgan fingerprint density at radius 2 is 1.93 bits per heavy atom. The standard InChI is InChI=1S/C12H18FNO/c1-4-14(5-2)12-10(9(3)15)7-6-8-11(12)13/h6-9,15H,4-5H2,1-3H3/t9-/m0/s1. The Morgan fingerprint density at radius 1 is 1.33 bits per heavy atom. The molecular weight excluding hydrogens is 193 g/mol. The summed E-state index contributed by atoms with van der Waals surface area (Å²) in [6.07, 6.45) is -0.642. The minimum Gasteiger partial charge on any atom is -0.389 e. The summed E-state index contributed by atoms with van der Waals surface area (Å²) in [5, 5.41) is 9.58. The van der Waals surface area contributed by atoms with E-state index in [0.717, 1.165) is 13.1 Å². The van der Waals surface area contributed by atoms with Crippen LogP contribution in [0.2, 0.25) is 0 Å². The van der Waals surface area contributed by atoms with Crippen LogP contribution in [0, 0.1) is 5.82 Å². The molecule has 0 aliphatic carbocycles. The molecule has 84 valence electrons. The van der Waals surface area contributed by atoms with Gasteiger partial charge < -0.3 is 10.0 Å². The van der Waals surface area contributed by atoms with Crippen LogP contribution in [0.5, 0.6) is 0 Å². The van der Waals surface area contributed by atoms with Gasteiger partial charge >= 0.3 is 0 Å². The fourth-order valence-corrected chi connectivity index (χ4v) is 1.74. The lowest BCUT2D eigenvalue weighted by Gasteiger charge is -2.25. The summed E-state index contributed by atoms with van der Waals surface area (Å²) >= 11 is 0. The highest BCUT2D eigenvalue weighted by molar-refractivity contribution is 5.55. The lowest BCUT2D eigenvalue weighted by Crippen LogP contribution is -2.24. The maximum Gasteiger partial charge on any atom is 0.146 e. The molecule has 1 aromatic rings. The predicted molar refractivity (Wildman–Crippen MR) is 60.6 cm³/mol. The van der Waals surface area contributed by atoms with Gasteiger partial charge in [-0.2, -0.15) is 0 Å². The Balaban J connectivity index is 3.23. The molecule has 0 aliphatic rings. The van der Waals surface area contributed by atoms with Crippen molar-refractivity contribution < 1.29 is 9.50 Å². The van der Waals surface area contributed by atoms with Crippen molar-refractivity contribution in [2.24, 2.45) is 0 Å². The van der Waals surface area contributed by atoms with E-state index in [4.69, 9.17) is 0 Å². The van der Waals surface area contributed by atoms with E-state index in [-0.39, 0.29) is 5.82 Å². The number of hydrogen-bond donors (Lipinski definition) is 1. The van der Waals surface area contributed by atoms with E-state index in [9.17, 15) is 9.50 Å². The summed E-state index contributed by atoms with van der Waals surface area (Å²) < 4.78 is 13.7. The van der Waals surface area contributed by atoms with Gasteiger partial charge in [0, 0.05) is 18.7 Å². The molecule has 0 saturated carbocycles. The summed E-state index contributed by atoms with van der Waals surface area (Å²) in [4.78, 5) is 1.91. The number of hydrogen-bond acceptors (Lipinski definition) is 2. The first kappa shape index (κ1) is 12.0. The average molecular weight is 211 g/mol. The highest BCUT2D eigenvalue weighted by atomic mass is 19.1. The van der Waals surface area contributed by atoms with E-state index in [0.29, 0.717) is 11.3 Å². The van der Waals surface area contributed by atoms with E-state index in [1.165, 1.54) is 6.07 Å². The van der Waals surface area contributed by atoms with Crippen molar-refractivity contribution in [3.05, 3.63) is 29.6 Å². The van der Waals surface area contributed by atoms with Crippen LogP contribution in [-0.4, -0.2) is 18.2 Å². The van der Waals surface area contributed by atoms with Crippen LogP contribution in [0.4, 0.5) is 10.1 Å². The Labute approximate surface area is 90.3 Å². The lowest BCUT2D eigenvalue weighted by atomic mass is 10.1. The number of halogens is 1. The van der Waals surface area contributed by atoms with Crippen molar-refractivity contribution in [2.75, 3.05) is 18.0 Å². The zero-order chi connectivity index (χ0) is 11.4. The molecule has 3 heteroatoms. The minimum atomic E-state index is -0.642. The quantitative estimate of drug-likeness (QED) is 0.827. The molecule has 0 bridgehead atoms. The van der Waals surface area contributed by atoms with Crippen molar-refractivity contribution in [3.63, 3.8) is 0 Å². The van der Waals surface area contributed by atoms with Crippen molar-refractivity contribution in [1.29, 1.82) is 0 Å². The average Bonchev–Trinajstić information content (AvgIpc) is 2.21. The maximum absolute atomic E-state index is 13.7. The largest absolute Gasteiger partial charge is 0.389 e. The molecule has 1 rings (SSSR count). The van der Waals surface area contributed by atoms with E-state index < -0.39 is 6.10 Å². The summed E-state index contributed by atoms with van der Waals surface area (Å²) in [5.74, 6) is -0.267. The third kappa shape index (κ3) is 2.48. The summed E-state index contributed by atoms with van der Waals surface area (Å²) in [6.45, 7) is 7.07. The van der Waals surface area contributed by atoms with Crippen LogP contribution in [0.1, 0.15) is 32.4 Å². The number of para-hydroxylation sites is 1. The molecule has 0 amide bonds. The molecule has 0 aliphatic heterocycles. The van der Waals surface area contributed by atoms with Gasteiger partial charge in [-0.25, -0.2) is 4.39 Å². The zero-order valence-corrected chi connectivity index (χ0v) is 9.50. The fraction of sp³-hybridized carbons (Fsp3) is 0.500. The van der Waals surface area contributed by atoms with E-state index in [2.05, 4.69) is 0 Å². The van der Waals surface area contributed by atoms with Crippen molar-refractivity contribution >= 4 is 5.69 Å². The van der Waals surface area contributed by atoms with E-state index in [1.807, 2.05) is 18.7 Å². The molecule has 0 aromatic heterocycles. The number of aliphatic hydroxyl groups excluding tert-OH is 1. The maximum atomic E-state index is 13.7. The van der Waals surface area contributed by atoms with Gasteiger partial charge in [0.15, 0.2) is 0 Å². The van der Waals surface area contributed by atoms with Crippen LogP contribution in [0.3, 0.4) is 0 Å². The molecule has 1 atom stereocenters. The third-order valence-electron chi connectivity index (χ3n) is 2.55. The van der Waals surface area contributed by atoms with Gasteiger partial charge in [-0.05, 0) is 26.8 Å². The van der Waals surface area contributed by atoms with Gasteiger partial charge in [0.25, 0.3) is 0 Å². The molecule has 0 spiro atoms. The Bertz CT molecular complexity index is 321. The molecule has 0 saturated heterocycles. The molecule has 0 heterocycles. The number of nitrogens with zero attached hydrogens (tertiary/aromatic N) is 1. The smallest absolute Gasteiger partial charge is 0.146 e. The Hall–Kier alpha value is -1.09. The molecule has 15 heavy (non-hydrogen) atoms. The topological polar surface area (TPSA) is 23.5 Å². The highest BCUT2D eigenvalue weighted by Gasteiger charge is 2.16. The van der Waals surface area contributed by atoms with Gasteiger partial charge in [-0.15, -0.1) is 0 Å². The molecule has 0 radical (unpaired) electrons. The SMILES string of the molecule is CCN(CC)c1c(F)cccc1[C@H](C)O. The molecule has 0 fully saturated rings. The van der Waals surface area contributed by atoms with Gasteiger partial charge in [0.05, 0.1) is 11.8 Å².